The van der Waals surface area contributed by atoms with Crippen LogP contribution in [0, 0.1) is 0 Å². The molecule has 0 saturated heterocycles. The number of primary amides is 1. The summed E-state index contributed by atoms with van der Waals surface area (Å²) < 4.78 is 10.1. The largest absolute Gasteiger partial charge is 0.496 e. The van der Waals surface area contributed by atoms with Crippen LogP contribution in [0.5, 0.6) is 5.75 Å². The van der Waals surface area contributed by atoms with E-state index in [1.54, 1.807) is 12.1 Å². The number of fused-ring (bicyclic) bond motifs is 1. The molecule has 2 aromatic carbocycles. The van der Waals surface area contributed by atoms with Crippen molar-refractivity contribution < 1.29 is 23.9 Å². The van der Waals surface area contributed by atoms with Crippen LogP contribution in [0.15, 0.2) is 36.4 Å². The lowest BCUT2D eigenvalue weighted by molar-refractivity contribution is -0.127. The molecule has 0 aliphatic rings. The monoisotopic (exact) mass is 316 g/mol. The van der Waals surface area contributed by atoms with Crippen LogP contribution >= 0.6 is 0 Å². The van der Waals surface area contributed by atoms with Gasteiger partial charge in [0.25, 0.3) is 5.91 Å². The number of amides is 2. The number of carbonyl (C=O) groups is 3. The highest BCUT2D eigenvalue weighted by Gasteiger charge is 2.16. The Hall–Kier alpha value is -3.09. The third-order valence-corrected chi connectivity index (χ3v) is 3.08. The zero-order chi connectivity index (χ0) is 16.8. The molecule has 0 aromatic heterocycles. The first-order valence-electron chi connectivity index (χ1n) is 6.80. The maximum Gasteiger partial charge on any atom is 0.342 e. The molecule has 0 saturated carbocycles. The second-order valence-electron chi connectivity index (χ2n) is 4.72. The van der Waals surface area contributed by atoms with Gasteiger partial charge in [-0.15, -0.1) is 0 Å². The SMILES string of the molecule is COc1cc2ccccc2cc1C(=O)OCC(=O)NCC(N)=O. The molecular weight excluding hydrogens is 300 g/mol. The number of hydrogen-bond donors (Lipinski definition) is 2. The van der Waals surface area contributed by atoms with Crippen molar-refractivity contribution in [3.05, 3.63) is 42.0 Å². The molecule has 2 aromatic rings. The molecule has 7 nitrogen and oxygen atoms in total. The van der Waals surface area contributed by atoms with Crippen LogP contribution in [-0.4, -0.2) is 38.0 Å². The van der Waals surface area contributed by atoms with Gasteiger partial charge in [-0.2, -0.15) is 0 Å². The zero-order valence-corrected chi connectivity index (χ0v) is 12.5. The summed E-state index contributed by atoms with van der Waals surface area (Å²) in [6.45, 7) is -0.822. The fourth-order valence-corrected chi connectivity index (χ4v) is 1.99. The van der Waals surface area contributed by atoms with E-state index in [-0.39, 0.29) is 12.1 Å². The molecule has 7 heteroatoms. The van der Waals surface area contributed by atoms with Crippen molar-refractivity contribution in [3.8, 4) is 5.75 Å². The molecule has 0 aliphatic heterocycles. The lowest BCUT2D eigenvalue weighted by atomic mass is 10.1. The molecule has 23 heavy (non-hydrogen) atoms. The van der Waals surface area contributed by atoms with E-state index in [2.05, 4.69) is 5.32 Å². The number of rotatable bonds is 6. The van der Waals surface area contributed by atoms with Gasteiger partial charge in [0, 0.05) is 0 Å². The quantitative estimate of drug-likeness (QED) is 0.759. The number of ether oxygens (including phenoxy) is 2. The number of esters is 1. The van der Waals surface area contributed by atoms with Crippen LogP contribution in [0.4, 0.5) is 0 Å². The fourth-order valence-electron chi connectivity index (χ4n) is 1.99. The van der Waals surface area contributed by atoms with Crippen LogP contribution in [0.1, 0.15) is 10.4 Å². The van der Waals surface area contributed by atoms with Crippen molar-refractivity contribution in [1.82, 2.24) is 5.32 Å². The summed E-state index contributed by atoms with van der Waals surface area (Å²) in [4.78, 5) is 34.1. The average molecular weight is 316 g/mol. The van der Waals surface area contributed by atoms with Gasteiger partial charge >= 0.3 is 5.97 Å². The van der Waals surface area contributed by atoms with Crippen molar-refractivity contribution in [1.29, 1.82) is 0 Å². The Balaban J connectivity index is 2.11. The van der Waals surface area contributed by atoms with Crippen molar-refractivity contribution in [2.45, 2.75) is 0 Å². The van der Waals surface area contributed by atoms with E-state index in [1.165, 1.54) is 7.11 Å². The molecule has 0 bridgehead atoms. The number of nitrogens with two attached hydrogens (primary N) is 1. The Bertz CT molecular complexity index is 757. The number of carbonyl (C=O) groups excluding carboxylic acids is 3. The summed E-state index contributed by atoms with van der Waals surface area (Å²) in [5.74, 6) is -1.63. The van der Waals surface area contributed by atoms with Crippen molar-refractivity contribution in [2.24, 2.45) is 5.73 Å². The van der Waals surface area contributed by atoms with Crippen molar-refractivity contribution in [3.63, 3.8) is 0 Å². The number of hydrogen-bond acceptors (Lipinski definition) is 5. The maximum absolute atomic E-state index is 12.1. The van der Waals surface area contributed by atoms with Gasteiger partial charge < -0.3 is 20.5 Å². The molecule has 0 aliphatic carbocycles. The second kappa shape index (κ2) is 7.26. The molecule has 120 valence electrons. The minimum Gasteiger partial charge on any atom is -0.496 e. The smallest absolute Gasteiger partial charge is 0.342 e. The van der Waals surface area contributed by atoms with E-state index in [4.69, 9.17) is 15.2 Å². The standard InChI is InChI=1S/C16H16N2O5/c1-22-13-7-11-5-3-2-4-10(11)6-12(13)16(21)23-9-15(20)18-8-14(17)19/h2-7H,8-9H2,1H3,(H2,17,19)(H,18,20). The van der Waals surface area contributed by atoms with Crippen LogP contribution in [-0.2, 0) is 14.3 Å². The maximum atomic E-state index is 12.1. The summed E-state index contributed by atoms with van der Waals surface area (Å²) in [5, 5.41) is 3.99. The number of nitrogens with one attached hydrogen (secondary N) is 1. The lowest BCUT2D eigenvalue weighted by Crippen LogP contribution is -2.36. The molecule has 0 unspecified atom stereocenters. The molecule has 3 N–H and O–H groups in total. The van der Waals surface area contributed by atoms with Gasteiger partial charge in [0.05, 0.1) is 13.7 Å². The predicted molar refractivity (Wildman–Crippen MR) is 83.0 cm³/mol. The van der Waals surface area contributed by atoms with Crippen LogP contribution in [0.2, 0.25) is 0 Å². The Kier molecular flexibility index (Phi) is 5.14. The highest BCUT2D eigenvalue weighted by molar-refractivity contribution is 5.99. The molecule has 0 heterocycles. The Morgan fingerprint density at radius 2 is 1.78 bits per heavy atom. The van der Waals surface area contributed by atoms with E-state index in [0.717, 1.165) is 10.8 Å². The lowest BCUT2D eigenvalue weighted by Gasteiger charge is -2.10. The van der Waals surface area contributed by atoms with Crippen LogP contribution in [0.3, 0.4) is 0 Å². The first kappa shape index (κ1) is 16.3. The average Bonchev–Trinajstić information content (AvgIpc) is 2.56. The third kappa shape index (κ3) is 4.19. The highest BCUT2D eigenvalue weighted by Crippen LogP contribution is 2.26. The van der Waals surface area contributed by atoms with Gasteiger partial charge in [-0.25, -0.2) is 4.79 Å². The van der Waals surface area contributed by atoms with E-state index in [9.17, 15) is 14.4 Å². The fraction of sp³-hybridized carbons (Fsp3) is 0.188. The summed E-state index contributed by atoms with van der Waals surface area (Å²) >= 11 is 0. The van der Waals surface area contributed by atoms with Gasteiger partial charge in [0.15, 0.2) is 6.61 Å². The highest BCUT2D eigenvalue weighted by atomic mass is 16.5. The predicted octanol–water partition coefficient (Wildman–Crippen LogP) is 0.607. The molecular formula is C16H16N2O5. The minimum absolute atomic E-state index is 0.217. The minimum atomic E-state index is -0.693. The molecule has 2 rings (SSSR count). The van der Waals surface area contributed by atoms with E-state index in [1.807, 2.05) is 24.3 Å². The summed E-state index contributed by atoms with van der Waals surface area (Å²) in [6, 6.07) is 10.8. The van der Waals surface area contributed by atoms with Gasteiger partial charge in [-0.1, -0.05) is 24.3 Å². The summed E-state index contributed by atoms with van der Waals surface area (Å²) in [7, 11) is 1.44. The normalized spacial score (nSPS) is 10.1. The molecule has 2 amide bonds. The first-order valence-corrected chi connectivity index (χ1v) is 6.80. The van der Waals surface area contributed by atoms with Crippen molar-refractivity contribution >= 4 is 28.6 Å². The van der Waals surface area contributed by atoms with Crippen molar-refractivity contribution in [2.75, 3.05) is 20.3 Å². The molecule has 0 atom stereocenters. The zero-order valence-electron chi connectivity index (χ0n) is 12.5. The Labute approximate surface area is 132 Å². The topological polar surface area (TPSA) is 108 Å². The van der Waals surface area contributed by atoms with E-state index >= 15 is 0 Å². The molecule has 0 radical (unpaired) electrons. The third-order valence-electron chi connectivity index (χ3n) is 3.08. The van der Waals surface area contributed by atoms with Gasteiger partial charge in [0.2, 0.25) is 5.91 Å². The molecule has 0 spiro atoms. The van der Waals surface area contributed by atoms with Crippen LogP contribution < -0.4 is 15.8 Å². The van der Waals surface area contributed by atoms with Gasteiger partial charge in [-0.05, 0) is 22.9 Å². The first-order chi connectivity index (χ1) is 11.0. The van der Waals surface area contributed by atoms with Crippen LogP contribution in [0.25, 0.3) is 10.8 Å². The second-order valence-corrected chi connectivity index (χ2v) is 4.72. The van der Waals surface area contributed by atoms with Gasteiger partial charge in [0.1, 0.15) is 11.3 Å². The Morgan fingerprint density at radius 3 is 2.39 bits per heavy atom. The number of methoxy groups -OCH3 is 1. The Morgan fingerprint density at radius 1 is 1.13 bits per heavy atom. The van der Waals surface area contributed by atoms with Gasteiger partial charge in [-0.3, -0.25) is 9.59 Å². The van der Waals surface area contributed by atoms with E-state index in [0.29, 0.717) is 5.75 Å². The molecule has 0 fully saturated rings. The number of benzene rings is 2. The van der Waals surface area contributed by atoms with E-state index < -0.39 is 24.4 Å². The summed E-state index contributed by atoms with van der Waals surface area (Å²) in [5.41, 5.74) is 5.12. The summed E-state index contributed by atoms with van der Waals surface area (Å²) in [6.07, 6.45) is 0.